The van der Waals surface area contributed by atoms with Crippen molar-refractivity contribution in [3.05, 3.63) is 12.2 Å². The lowest BCUT2D eigenvalue weighted by Gasteiger charge is -2.35. The topological polar surface area (TPSA) is 98.7 Å². The molecule has 7 heteroatoms. The van der Waals surface area contributed by atoms with Crippen molar-refractivity contribution < 1.29 is 19.5 Å². The molecule has 2 rings (SSSR count). The van der Waals surface area contributed by atoms with E-state index in [0.717, 1.165) is 19.3 Å². The molecule has 2 aliphatic rings. The van der Waals surface area contributed by atoms with Crippen molar-refractivity contribution in [1.82, 2.24) is 15.5 Å². The van der Waals surface area contributed by atoms with Crippen LogP contribution in [0.25, 0.3) is 0 Å². The molecule has 7 nitrogen and oxygen atoms in total. The van der Waals surface area contributed by atoms with Crippen molar-refractivity contribution in [3.8, 4) is 0 Å². The zero-order valence-corrected chi connectivity index (χ0v) is 18.4. The first kappa shape index (κ1) is 23.4. The molecule has 0 radical (unpaired) electrons. The monoisotopic (exact) mass is 407 g/mol. The number of rotatable bonds is 9. The summed E-state index contributed by atoms with van der Waals surface area (Å²) in [7, 11) is 1.58. The predicted octanol–water partition coefficient (Wildman–Crippen LogP) is 1.32. The number of unbranched alkanes of at least 4 members (excludes halogenated alkanes) is 1. The Morgan fingerprint density at radius 2 is 1.90 bits per heavy atom. The number of nitrogens with one attached hydrogen (secondary N) is 2. The fourth-order valence-electron chi connectivity index (χ4n) is 4.83. The van der Waals surface area contributed by atoms with Crippen LogP contribution in [0.1, 0.15) is 47.0 Å². The Morgan fingerprint density at radius 3 is 2.41 bits per heavy atom. The Balaban J connectivity index is 2.48. The Kier molecular flexibility index (Phi) is 8.25. The van der Waals surface area contributed by atoms with Crippen LogP contribution in [0.5, 0.6) is 0 Å². The van der Waals surface area contributed by atoms with E-state index >= 15 is 0 Å². The molecule has 0 saturated carbocycles. The average molecular weight is 408 g/mol. The molecule has 1 heterocycles. The van der Waals surface area contributed by atoms with Crippen molar-refractivity contribution in [1.29, 1.82) is 0 Å². The van der Waals surface area contributed by atoms with Crippen LogP contribution in [0, 0.1) is 29.6 Å². The van der Waals surface area contributed by atoms with E-state index in [1.165, 1.54) is 0 Å². The molecule has 3 amide bonds. The molecule has 1 saturated heterocycles. The molecule has 6 atom stereocenters. The number of aliphatic hydroxyl groups excluding tert-OH is 1. The van der Waals surface area contributed by atoms with Crippen LogP contribution in [0.15, 0.2) is 12.2 Å². The summed E-state index contributed by atoms with van der Waals surface area (Å²) in [5.74, 6) is -2.09. The lowest BCUT2D eigenvalue weighted by atomic mass is 9.69. The predicted molar refractivity (Wildman–Crippen MR) is 112 cm³/mol. The number of hydrogen-bond donors (Lipinski definition) is 3. The summed E-state index contributed by atoms with van der Waals surface area (Å²) in [5, 5.41) is 15.7. The first-order valence-electron chi connectivity index (χ1n) is 10.9. The van der Waals surface area contributed by atoms with Crippen molar-refractivity contribution in [2.75, 3.05) is 20.2 Å². The molecule has 1 fully saturated rings. The van der Waals surface area contributed by atoms with E-state index in [9.17, 15) is 19.5 Å². The molecular weight excluding hydrogens is 370 g/mol. The van der Waals surface area contributed by atoms with E-state index in [4.69, 9.17) is 0 Å². The van der Waals surface area contributed by atoms with Crippen LogP contribution < -0.4 is 10.6 Å². The van der Waals surface area contributed by atoms with Gasteiger partial charge in [-0.2, -0.15) is 0 Å². The number of likely N-dealkylation sites (tertiary alicyclic amines) is 1. The largest absolute Gasteiger partial charge is 0.394 e. The number of nitrogens with zero attached hydrogens (tertiary/aromatic N) is 1. The molecule has 3 N–H and O–H groups in total. The molecule has 0 unspecified atom stereocenters. The second kappa shape index (κ2) is 10.2. The maximum absolute atomic E-state index is 13.6. The third-order valence-electron chi connectivity index (χ3n) is 6.48. The fraction of sp³-hybridized carbons (Fsp3) is 0.773. The zero-order valence-electron chi connectivity index (χ0n) is 18.4. The Hall–Kier alpha value is -1.89. The summed E-state index contributed by atoms with van der Waals surface area (Å²) in [6.07, 6.45) is 6.51. The maximum atomic E-state index is 13.6. The molecule has 1 aliphatic carbocycles. The van der Waals surface area contributed by atoms with Crippen LogP contribution >= 0.6 is 0 Å². The Labute approximate surface area is 174 Å². The van der Waals surface area contributed by atoms with Gasteiger partial charge in [-0.25, -0.2) is 0 Å². The highest BCUT2D eigenvalue weighted by Gasteiger charge is 2.58. The average Bonchev–Trinajstić information content (AvgIpc) is 2.99. The van der Waals surface area contributed by atoms with Gasteiger partial charge >= 0.3 is 0 Å². The SMILES string of the molecule is CCCCNC(=O)[C@@H]1[C@H]2C=C[C@@H](CC)[C@@H](C(=O)NC)[C@H]2C(=O)N1[C@@H](CO)C(C)C. The van der Waals surface area contributed by atoms with Gasteiger partial charge in [0, 0.05) is 19.5 Å². The summed E-state index contributed by atoms with van der Waals surface area (Å²) in [4.78, 5) is 41.0. The van der Waals surface area contributed by atoms with E-state index in [1.54, 1.807) is 11.9 Å². The van der Waals surface area contributed by atoms with E-state index in [2.05, 4.69) is 17.6 Å². The van der Waals surface area contributed by atoms with Gasteiger partial charge in [0.05, 0.1) is 24.5 Å². The third-order valence-corrected chi connectivity index (χ3v) is 6.48. The van der Waals surface area contributed by atoms with Gasteiger partial charge in [0.2, 0.25) is 17.7 Å². The summed E-state index contributed by atoms with van der Waals surface area (Å²) in [5.41, 5.74) is 0. The van der Waals surface area contributed by atoms with Crippen LogP contribution in [0.4, 0.5) is 0 Å². The molecule has 0 spiro atoms. The number of aliphatic hydroxyl groups is 1. The summed E-state index contributed by atoms with van der Waals surface area (Å²) in [6.45, 7) is 8.26. The quantitative estimate of drug-likeness (QED) is 0.397. The molecule has 1 aliphatic heterocycles. The van der Waals surface area contributed by atoms with Crippen molar-refractivity contribution in [2.24, 2.45) is 29.6 Å². The summed E-state index contributed by atoms with van der Waals surface area (Å²) < 4.78 is 0. The third kappa shape index (κ3) is 4.49. The molecule has 0 bridgehead atoms. The second-order valence-corrected chi connectivity index (χ2v) is 8.53. The first-order chi connectivity index (χ1) is 13.8. The molecule has 0 aromatic heterocycles. The minimum Gasteiger partial charge on any atom is -0.394 e. The number of carbonyl (C=O) groups excluding carboxylic acids is 3. The normalized spacial score (nSPS) is 29.7. The van der Waals surface area contributed by atoms with Gasteiger partial charge in [0.15, 0.2) is 0 Å². The minimum absolute atomic E-state index is 0.0144. The number of allylic oxidation sites excluding steroid dienone is 1. The first-order valence-corrected chi connectivity index (χ1v) is 10.9. The van der Waals surface area contributed by atoms with Crippen molar-refractivity contribution in [3.63, 3.8) is 0 Å². The molecule has 0 aromatic carbocycles. The summed E-state index contributed by atoms with van der Waals surface area (Å²) >= 11 is 0. The van der Waals surface area contributed by atoms with Gasteiger partial charge in [-0.3, -0.25) is 14.4 Å². The molecule has 29 heavy (non-hydrogen) atoms. The Bertz CT molecular complexity index is 634. The van der Waals surface area contributed by atoms with E-state index in [0.29, 0.717) is 6.54 Å². The standard InChI is InChI=1S/C22H37N3O4/c1-6-8-11-24-21(28)19-15-10-9-14(7-2)17(20(27)23-5)18(15)22(29)25(19)16(12-26)13(3)4/h9-10,13-19,26H,6-8,11-12H2,1-5H3,(H,23,27)(H,24,28)/t14-,15+,16+,17-,18+,19+/m1/s1. The number of amides is 3. The van der Waals surface area contributed by atoms with Crippen LogP contribution in [-0.4, -0.2) is 60.0 Å². The molecular formula is C22H37N3O4. The van der Waals surface area contributed by atoms with E-state index in [-0.39, 0.29) is 42.1 Å². The van der Waals surface area contributed by atoms with Gasteiger partial charge in [-0.1, -0.05) is 46.3 Å². The number of fused-ring (bicyclic) bond motifs is 1. The fourth-order valence-corrected chi connectivity index (χ4v) is 4.83. The molecule has 164 valence electrons. The van der Waals surface area contributed by atoms with Crippen molar-refractivity contribution >= 4 is 17.7 Å². The second-order valence-electron chi connectivity index (χ2n) is 8.53. The molecule has 0 aromatic rings. The van der Waals surface area contributed by atoms with Gasteiger partial charge in [0.25, 0.3) is 0 Å². The lowest BCUT2D eigenvalue weighted by molar-refractivity contribution is -0.144. The number of carbonyl (C=O) groups is 3. The van der Waals surface area contributed by atoms with Crippen LogP contribution in [0.3, 0.4) is 0 Å². The van der Waals surface area contributed by atoms with Crippen LogP contribution in [0.2, 0.25) is 0 Å². The van der Waals surface area contributed by atoms with Crippen molar-refractivity contribution in [2.45, 2.75) is 59.0 Å². The van der Waals surface area contributed by atoms with Gasteiger partial charge in [-0.15, -0.1) is 0 Å². The minimum atomic E-state index is -0.704. The van der Waals surface area contributed by atoms with Gasteiger partial charge in [0.1, 0.15) is 6.04 Å². The summed E-state index contributed by atoms with van der Waals surface area (Å²) in [6, 6.07) is -1.17. The van der Waals surface area contributed by atoms with E-state index in [1.807, 2.05) is 32.9 Å². The van der Waals surface area contributed by atoms with Gasteiger partial charge in [-0.05, 0) is 24.7 Å². The highest BCUT2D eigenvalue weighted by molar-refractivity contribution is 5.97. The Morgan fingerprint density at radius 1 is 1.21 bits per heavy atom. The lowest BCUT2D eigenvalue weighted by Crippen LogP contribution is -2.54. The zero-order chi connectivity index (χ0) is 21.7. The maximum Gasteiger partial charge on any atom is 0.243 e. The smallest absolute Gasteiger partial charge is 0.243 e. The van der Waals surface area contributed by atoms with E-state index < -0.39 is 23.9 Å². The number of hydrogen-bond acceptors (Lipinski definition) is 4. The highest BCUT2D eigenvalue weighted by Crippen LogP contribution is 2.46. The van der Waals surface area contributed by atoms with Gasteiger partial charge < -0.3 is 20.6 Å². The van der Waals surface area contributed by atoms with Crippen LogP contribution in [-0.2, 0) is 14.4 Å². The highest BCUT2D eigenvalue weighted by atomic mass is 16.3.